The van der Waals surface area contributed by atoms with Crippen LogP contribution in [-0.2, 0) is 19.4 Å². The molecule has 0 saturated carbocycles. The fourth-order valence-corrected chi connectivity index (χ4v) is 2.93. The highest BCUT2D eigenvalue weighted by atomic mass is 79.9. The van der Waals surface area contributed by atoms with E-state index in [9.17, 15) is 5.11 Å². The lowest BCUT2D eigenvalue weighted by Gasteiger charge is -2.13. The third-order valence-corrected chi connectivity index (χ3v) is 4.14. The summed E-state index contributed by atoms with van der Waals surface area (Å²) in [6, 6.07) is 7.69. The molecule has 1 N–H and O–H groups in total. The SMILES string of the molecule is CCc1cc(C(O)Cc2ccc(Br)cc2Cl)n(CC)n1. The van der Waals surface area contributed by atoms with Gasteiger partial charge in [0.25, 0.3) is 0 Å². The topological polar surface area (TPSA) is 38.0 Å². The molecule has 0 bridgehead atoms. The molecule has 3 nitrogen and oxygen atoms in total. The van der Waals surface area contributed by atoms with Gasteiger partial charge in [-0.05, 0) is 37.1 Å². The Morgan fingerprint density at radius 1 is 1.35 bits per heavy atom. The molecule has 0 spiro atoms. The van der Waals surface area contributed by atoms with E-state index in [2.05, 4.69) is 28.0 Å². The molecule has 108 valence electrons. The number of hydrogen-bond acceptors (Lipinski definition) is 2. The van der Waals surface area contributed by atoms with Crippen LogP contribution >= 0.6 is 27.5 Å². The van der Waals surface area contributed by atoms with Crippen LogP contribution in [0, 0.1) is 0 Å². The average molecular weight is 358 g/mol. The van der Waals surface area contributed by atoms with Crippen molar-refractivity contribution in [3.05, 3.63) is 50.7 Å². The molecule has 0 aliphatic carbocycles. The molecule has 0 radical (unpaired) electrons. The van der Waals surface area contributed by atoms with Crippen molar-refractivity contribution < 1.29 is 5.11 Å². The monoisotopic (exact) mass is 356 g/mol. The zero-order chi connectivity index (χ0) is 14.7. The van der Waals surface area contributed by atoms with Gasteiger partial charge >= 0.3 is 0 Å². The number of rotatable bonds is 5. The number of hydrogen-bond donors (Lipinski definition) is 1. The van der Waals surface area contributed by atoms with Crippen LogP contribution in [-0.4, -0.2) is 14.9 Å². The lowest BCUT2D eigenvalue weighted by Crippen LogP contribution is -2.10. The number of aliphatic hydroxyl groups excluding tert-OH is 1. The van der Waals surface area contributed by atoms with E-state index in [1.165, 1.54) is 0 Å². The van der Waals surface area contributed by atoms with E-state index in [-0.39, 0.29) is 0 Å². The van der Waals surface area contributed by atoms with Gasteiger partial charge in [0.15, 0.2) is 0 Å². The van der Waals surface area contributed by atoms with Crippen molar-refractivity contribution in [2.75, 3.05) is 0 Å². The largest absolute Gasteiger partial charge is 0.386 e. The highest BCUT2D eigenvalue weighted by molar-refractivity contribution is 9.10. The fourth-order valence-electron chi connectivity index (χ4n) is 2.18. The third-order valence-electron chi connectivity index (χ3n) is 3.29. The first-order chi connectivity index (χ1) is 9.55. The Kier molecular flexibility index (Phi) is 5.24. The second kappa shape index (κ2) is 6.74. The number of halogens is 2. The van der Waals surface area contributed by atoms with Crippen molar-refractivity contribution in [2.45, 2.75) is 39.3 Å². The number of aliphatic hydroxyl groups is 1. The summed E-state index contributed by atoms with van der Waals surface area (Å²) in [5.74, 6) is 0. The van der Waals surface area contributed by atoms with Crippen molar-refractivity contribution >= 4 is 27.5 Å². The van der Waals surface area contributed by atoms with Crippen LogP contribution in [0.3, 0.4) is 0 Å². The van der Waals surface area contributed by atoms with Crippen molar-refractivity contribution in [3.8, 4) is 0 Å². The smallest absolute Gasteiger partial charge is 0.0997 e. The molecule has 5 heteroatoms. The minimum absolute atomic E-state index is 0.487. The van der Waals surface area contributed by atoms with Gasteiger partial charge in [0.1, 0.15) is 0 Å². The van der Waals surface area contributed by atoms with E-state index in [0.29, 0.717) is 11.4 Å². The van der Waals surface area contributed by atoms with Gasteiger partial charge < -0.3 is 5.11 Å². The second-order valence-electron chi connectivity index (χ2n) is 4.69. The lowest BCUT2D eigenvalue weighted by atomic mass is 10.1. The lowest BCUT2D eigenvalue weighted by molar-refractivity contribution is 0.167. The standard InChI is InChI=1S/C15H18BrClN2O/c1-3-12-9-14(19(4-2)18-12)15(20)7-10-5-6-11(16)8-13(10)17/h5-6,8-9,15,20H,3-4,7H2,1-2H3. The van der Waals surface area contributed by atoms with Crippen LogP contribution in [0.2, 0.25) is 5.02 Å². The first-order valence-corrected chi connectivity index (χ1v) is 7.90. The third kappa shape index (κ3) is 3.43. The molecule has 1 aromatic heterocycles. The molecule has 1 aromatic carbocycles. The summed E-state index contributed by atoms with van der Waals surface area (Å²) in [7, 11) is 0. The zero-order valence-corrected chi connectivity index (χ0v) is 13.9. The van der Waals surface area contributed by atoms with Gasteiger partial charge in [-0.25, -0.2) is 0 Å². The predicted octanol–water partition coefficient (Wildman–Crippen LogP) is 4.16. The van der Waals surface area contributed by atoms with Gasteiger partial charge in [-0.1, -0.05) is 40.5 Å². The van der Waals surface area contributed by atoms with E-state index in [4.69, 9.17) is 11.6 Å². The molecule has 0 aliphatic heterocycles. The summed E-state index contributed by atoms with van der Waals surface area (Å²) in [6.07, 6.45) is 0.758. The molecule has 1 atom stereocenters. The van der Waals surface area contributed by atoms with Gasteiger partial charge in [-0.2, -0.15) is 5.10 Å². The number of aryl methyl sites for hydroxylation is 2. The van der Waals surface area contributed by atoms with E-state index < -0.39 is 6.10 Å². The molecule has 1 unspecified atom stereocenters. The average Bonchev–Trinajstić information content (AvgIpc) is 2.85. The number of nitrogens with zero attached hydrogens (tertiary/aromatic N) is 2. The van der Waals surface area contributed by atoms with Gasteiger partial charge in [-0.15, -0.1) is 0 Å². The molecule has 0 fully saturated rings. The van der Waals surface area contributed by atoms with E-state index >= 15 is 0 Å². The summed E-state index contributed by atoms with van der Waals surface area (Å²) in [4.78, 5) is 0. The second-order valence-corrected chi connectivity index (χ2v) is 6.01. The van der Waals surface area contributed by atoms with Gasteiger partial charge in [0.05, 0.1) is 17.5 Å². The molecule has 2 rings (SSSR count). The Hall–Kier alpha value is -0.840. The van der Waals surface area contributed by atoms with Gasteiger partial charge in [0, 0.05) is 22.5 Å². The maximum atomic E-state index is 10.5. The summed E-state index contributed by atoms with van der Waals surface area (Å²) in [5, 5.41) is 15.6. The van der Waals surface area contributed by atoms with Crippen LogP contribution in [0.25, 0.3) is 0 Å². The molecule has 0 saturated heterocycles. The van der Waals surface area contributed by atoms with Crippen molar-refractivity contribution in [3.63, 3.8) is 0 Å². The summed E-state index contributed by atoms with van der Waals surface area (Å²) >= 11 is 9.59. The molecule has 0 aliphatic rings. The highest BCUT2D eigenvalue weighted by Crippen LogP contribution is 2.26. The van der Waals surface area contributed by atoms with Crippen molar-refractivity contribution in [2.24, 2.45) is 0 Å². The van der Waals surface area contributed by atoms with E-state index in [1.54, 1.807) is 0 Å². The molecular formula is C15H18BrClN2O. The Morgan fingerprint density at radius 3 is 2.70 bits per heavy atom. The summed E-state index contributed by atoms with van der Waals surface area (Å²) in [5.41, 5.74) is 2.79. The molecular weight excluding hydrogens is 340 g/mol. The molecule has 0 amide bonds. The van der Waals surface area contributed by atoms with Crippen LogP contribution in [0.4, 0.5) is 0 Å². The van der Waals surface area contributed by atoms with Crippen LogP contribution in [0.15, 0.2) is 28.7 Å². The number of aromatic nitrogens is 2. The molecule has 1 heterocycles. The van der Waals surface area contributed by atoms with E-state index in [1.807, 2.05) is 35.9 Å². The van der Waals surface area contributed by atoms with Gasteiger partial charge in [0.2, 0.25) is 0 Å². The van der Waals surface area contributed by atoms with E-state index in [0.717, 1.165) is 34.4 Å². The fraction of sp³-hybridized carbons (Fsp3) is 0.400. The normalized spacial score (nSPS) is 12.7. The first kappa shape index (κ1) is 15.5. The minimum Gasteiger partial charge on any atom is -0.386 e. The molecule has 20 heavy (non-hydrogen) atoms. The number of benzene rings is 1. The van der Waals surface area contributed by atoms with Crippen LogP contribution < -0.4 is 0 Å². The summed E-state index contributed by atoms with van der Waals surface area (Å²) < 4.78 is 2.80. The van der Waals surface area contributed by atoms with Gasteiger partial charge in [-0.3, -0.25) is 4.68 Å². The first-order valence-electron chi connectivity index (χ1n) is 6.73. The van der Waals surface area contributed by atoms with Crippen LogP contribution in [0.1, 0.15) is 36.9 Å². The Labute approximate surface area is 132 Å². The van der Waals surface area contributed by atoms with Crippen molar-refractivity contribution in [1.29, 1.82) is 0 Å². The maximum Gasteiger partial charge on any atom is 0.0997 e. The van der Waals surface area contributed by atoms with Crippen molar-refractivity contribution in [1.82, 2.24) is 9.78 Å². The Balaban J connectivity index is 2.23. The highest BCUT2D eigenvalue weighted by Gasteiger charge is 2.16. The van der Waals surface area contributed by atoms with Crippen LogP contribution in [0.5, 0.6) is 0 Å². The maximum absolute atomic E-state index is 10.5. The minimum atomic E-state index is -0.596. The predicted molar refractivity (Wildman–Crippen MR) is 85.1 cm³/mol. The zero-order valence-electron chi connectivity index (χ0n) is 11.6. The Morgan fingerprint density at radius 2 is 2.10 bits per heavy atom. The Bertz CT molecular complexity index is 598. The quantitative estimate of drug-likeness (QED) is 0.872. The summed E-state index contributed by atoms with van der Waals surface area (Å²) in [6.45, 7) is 4.83. The molecule has 2 aromatic rings.